The Kier molecular flexibility index (Phi) is 4.12. The number of aromatic nitrogens is 1. The van der Waals surface area contributed by atoms with Crippen molar-refractivity contribution < 1.29 is 22.3 Å². The number of nitrogens with zero attached hydrogens (tertiary/aromatic N) is 3. The second-order valence-electron chi connectivity index (χ2n) is 4.95. The van der Waals surface area contributed by atoms with Gasteiger partial charge in [0.15, 0.2) is 5.76 Å². The molecule has 124 valence electrons. The number of benzene rings is 1. The minimum Gasteiger partial charge on any atom is -0.359 e. The molecular weight excluding hydrogens is 329 g/mol. The summed E-state index contributed by atoms with van der Waals surface area (Å²) in [5.74, 6) is -0.708. The Morgan fingerprint density at radius 1 is 1.30 bits per heavy atom. The number of hydrogen-bond acceptors (Lipinski definition) is 6. The number of aryl methyl sites for hydroxylation is 2. The predicted octanol–water partition coefficient (Wildman–Crippen LogP) is 2.47. The molecule has 2 rings (SSSR count). The number of nitro groups is 1. The minimum atomic E-state index is -4.21. The molecule has 0 spiro atoms. The molecule has 10 heteroatoms. The van der Waals surface area contributed by atoms with Gasteiger partial charge in [-0.2, -0.15) is 0 Å². The summed E-state index contributed by atoms with van der Waals surface area (Å²) in [4.78, 5) is 9.62. The van der Waals surface area contributed by atoms with Gasteiger partial charge in [-0.15, -0.1) is 0 Å². The molecule has 2 aromatic rings. The highest BCUT2D eigenvalue weighted by Gasteiger charge is 2.29. The zero-order valence-electron chi connectivity index (χ0n) is 12.8. The van der Waals surface area contributed by atoms with Gasteiger partial charge in [-0.3, -0.25) is 14.4 Å². The molecule has 0 amide bonds. The number of nitro benzene ring substituents is 1. The number of rotatable bonds is 4. The van der Waals surface area contributed by atoms with Crippen molar-refractivity contribution in [1.29, 1.82) is 0 Å². The molecule has 0 saturated heterocycles. The summed E-state index contributed by atoms with van der Waals surface area (Å²) < 4.78 is 44.9. The summed E-state index contributed by atoms with van der Waals surface area (Å²) in [6.45, 7) is 4.29. The van der Waals surface area contributed by atoms with E-state index in [0.29, 0.717) is 5.69 Å². The van der Waals surface area contributed by atoms with Crippen LogP contribution in [-0.2, 0) is 10.0 Å². The van der Waals surface area contributed by atoms with Gasteiger partial charge in [0.25, 0.3) is 15.7 Å². The van der Waals surface area contributed by atoms with E-state index in [0.717, 1.165) is 16.4 Å². The van der Waals surface area contributed by atoms with Gasteiger partial charge in [0.2, 0.25) is 0 Å². The molecule has 0 N–H and O–H groups in total. The van der Waals surface area contributed by atoms with Gasteiger partial charge in [0.1, 0.15) is 17.2 Å². The van der Waals surface area contributed by atoms with E-state index in [4.69, 9.17) is 4.52 Å². The average molecular weight is 343 g/mol. The van der Waals surface area contributed by atoms with Crippen molar-refractivity contribution in [3.63, 3.8) is 0 Å². The summed E-state index contributed by atoms with van der Waals surface area (Å²) in [5.41, 5.74) is -0.297. The predicted molar refractivity (Wildman–Crippen MR) is 79.4 cm³/mol. The smallest absolute Gasteiger partial charge is 0.276 e. The van der Waals surface area contributed by atoms with Gasteiger partial charge >= 0.3 is 0 Å². The van der Waals surface area contributed by atoms with Crippen molar-refractivity contribution in [2.75, 3.05) is 11.4 Å². The van der Waals surface area contributed by atoms with Crippen LogP contribution in [0.2, 0.25) is 0 Å². The van der Waals surface area contributed by atoms with Crippen LogP contribution < -0.4 is 4.31 Å². The van der Waals surface area contributed by atoms with E-state index in [1.165, 1.54) is 20.9 Å². The Balaban J connectivity index is 2.63. The fourth-order valence-electron chi connectivity index (χ4n) is 2.18. The van der Waals surface area contributed by atoms with E-state index < -0.39 is 31.3 Å². The maximum Gasteiger partial charge on any atom is 0.276 e. The Hall–Kier alpha value is -2.49. The lowest BCUT2D eigenvalue weighted by atomic mass is 10.2. The second kappa shape index (κ2) is 5.61. The normalized spacial score (nSPS) is 11.5. The Morgan fingerprint density at radius 2 is 1.91 bits per heavy atom. The second-order valence-corrected chi connectivity index (χ2v) is 6.92. The number of hydrogen-bond donors (Lipinski definition) is 0. The van der Waals surface area contributed by atoms with E-state index in [1.54, 1.807) is 6.92 Å². The number of anilines is 1. The molecule has 23 heavy (non-hydrogen) atoms. The molecule has 0 aliphatic carbocycles. The Morgan fingerprint density at radius 3 is 2.39 bits per heavy atom. The molecule has 0 fully saturated rings. The largest absolute Gasteiger partial charge is 0.359 e. The molecule has 1 heterocycles. The van der Waals surface area contributed by atoms with Gasteiger partial charge in [0.05, 0.1) is 15.4 Å². The van der Waals surface area contributed by atoms with Crippen molar-refractivity contribution in [2.45, 2.75) is 25.7 Å². The van der Waals surface area contributed by atoms with E-state index in [-0.39, 0.29) is 17.0 Å². The van der Waals surface area contributed by atoms with Gasteiger partial charge in [-0.25, -0.2) is 12.8 Å². The maximum absolute atomic E-state index is 13.9. The highest BCUT2D eigenvalue weighted by Crippen LogP contribution is 2.31. The third kappa shape index (κ3) is 2.77. The lowest BCUT2D eigenvalue weighted by molar-refractivity contribution is -0.385. The lowest BCUT2D eigenvalue weighted by Crippen LogP contribution is -2.27. The van der Waals surface area contributed by atoms with E-state index in [9.17, 15) is 22.9 Å². The summed E-state index contributed by atoms with van der Waals surface area (Å²) >= 11 is 0. The molecule has 1 aromatic carbocycles. The first-order valence-electron chi connectivity index (χ1n) is 6.43. The van der Waals surface area contributed by atoms with Crippen molar-refractivity contribution in [2.24, 2.45) is 0 Å². The van der Waals surface area contributed by atoms with Crippen molar-refractivity contribution in [1.82, 2.24) is 5.16 Å². The third-order valence-corrected chi connectivity index (χ3v) is 5.19. The van der Waals surface area contributed by atoms with Crippen LogP contribution in [0.1, 0.15) is 17.0 Å². The molecule has 0 aliphatic rings. The van der Waals surface area contributed by atoms with Crippen LogP contribution >= 0.6 is 0 Å². The van der Waals surface area contributed by atoms with E-state index in [2.05, 4.69) is 5.16 Å². The highest BCUT2D eigenvalue weighted by atomic mass is 32.2. The summed E-state index contributed by atoms with van der Waals surface area (Å²) in [6.07, 6.45) is 0. The molecule has 0 aliphatic heterocycles. The van der Waals surface area contributed by atoms with Crippen LogP contribution in [0.25, 0.3) is 0 Å². The summed E-state index contributed by atoms with van der Waals surface area (Å²) in [5, 5.41) is 14.6. The third-order valence-electron chi connectivity index (χ3n) is 3.46. The summed E-state index contributed by atoms with van der Waals surface area (Å²) in [6, 6.07) is 1.59. The first kappa shape index (κ1) is 16.9. The zero-order valence-corrected chi connectivity index (χ0v) is 13.6. The molecule has 0 atom stereocenters. The fourth-order valence-corrected chi connectivity index (χ4v) is 3.51. The van der Waals surface area contributed by atoms with E-state index in [1.807, 2.05) is 0 Å². The van der Waals surface area contributed by atoms with Gasteiger partial charge in [-0.1, -0.05) is 5.16 Å². The standard InChI is InChI=1S/C13H14FN3O5S/c1-7-11(14)5-10(6-12(7)17(18)19)23(20,21)16(4)13-8(2)15-22-9(13)3/h5-6H,1-4H3. The molecule has 0 radical (unpaired) electrons. The van der Waals surface area contributed by atoms with Crippen LogP contribution in [0.3, 0.4) is 0 Å². The summed E-state index contributed by atoms with van der Waals surface area (Å²) in [7, 11) is -2.97. The molecule has 0 saturated carbocycles. The van der Waals surface area contributed by atoms with Crippen LogP contribution in [0, 0.1) is 36.7 Å². The monoisotopic (exact) mass is 343 g/mol. The zero-order chi connectivity index (χ0) is 17.5. The molecular formula is C13H14FN3O5S. The number of halogens is 1. The van der Waals surface area contributed by atoms with Gasteiger partial charge in [0, 0.05) is 13.1 Å². The topological polar surface area (TPSA) is 107 Å². The Labute approximate surface area is 131 Å². The first-order chi connectivity index (χ1) is 10.6. The lowest BCUT2D eigenvalue weighted by Gasteiger charge is -2.19. The number of sulfonamides is 1. The van der Waals surface area contributed by atoms with Crippen LogP contribution in [0.4, 0.5) is 15.8 Å². The van der Waals surface area contributed by atoms with Crippen molar-refractivity contribution >= 4 is 21.4 Å². The minimum absolute atomic E-state index is 0.202. The SMILES string of the molecule is Cc1noc(C)c1N(C)S(=O)(=O)c1cc(F)c(C)c([N+](=O)[O-])c1. The molecule has 8 nitrogen and oxygen atoms in total. The van der Waals surface area contributed by atoms with Gasteiger partial charge < -0.3 is 4.52 Å². The molecule has 1 aromatic heterocycles. The van der Waals surface area contributed by atoms with Crippen molar-refractivity contribution in [3.8, 4) is 0 Å². The van der Waals surface area contributed by atoms with Gasteiger partial charge in [-0.05, 0) is 26.8 Å². The van der Waals surface area contributed by atoms with Crippen LogP contribution in [0.15, 0.2) is 21.6 Å². The van der Waals surface area contributed by atoms with E-state index >= 15 is 0 Å². The molecule has 0 unspecified atom stereocenters. The first-order valence-corrected chi connectivity index (χ1v) is 7.87. The quantitative estimate of drug-likeness (QED) is 0.623. The maximum atomic E-state index is 13.9. The Bertz CT molecular complexity index is 872. The van der Waals surface area contributed by atoms with Crippen molar-refractivity contribution in [3.05, 3.63) is 45.1 Å². The average Bonchev–Trinajstić information content (AvgIpc) is 2.79. The fraction of sp³-hybridized carbons (Fsp3) is 0.308. The molecule has 0 bridgehead atoms. The highest BCUT2D eigenvalue weighted by molar-refractivity contribution is 7.92. The van der Waals surface area contributed by atoms with Crippen LogP contribution in [0.5, 0.6) is 0 Å². The van der Waals surface area contributed by atoms with Crippen LogP contribution in [-0.4, -0.2) is 25.5 Å².